The van der Waals surface area contributed by atoms with Crippen LogP contribution < -0.4 is 9.47 Å². The fourth-order valence-electron chi connectivity index (χ4n) is 4.36. The van der Waals surface area contributed by atoms with Gasteiger partial charge in [-0.05, 0) is 42.4 Å². The van der Waals surface area contributed by atoms with Gasteiger partial charge in [0.05, 0.1) is 0 Å². The van der Waals surface area contributed by atoms with Crippen molar-refractivity contribution < 1.29 is 49.0 Å². The number of rotatable bonds is 8. The first-order valence-electron chi connectivity index (χ1n) is 11.1. The molecule has 0 spiro atoms. The number of hydrogen-bond donors (Lipinski definition) is 0. The zero-order valence-electron chi connectivity index (χ0n) is 18.6. The Bertz CT molecular complexity index is 982. The van der Waals surface area contributed by atoms with Gasteiger partial charge in [-0.1, -0.05) is 39.0 Å². The molecule has 3 rings (SSSR count). The molecule has 0 aromatic heterocycles. The van der Waals surface area contributed by atoms with E-state index in [0.29, 0.717) is 18.3 Å². The summed E-state index contributed by atoms with van der Waals surface area (Å²) >= 11 is 0. The normalized spacial score (nSPS) is 19.0. The first-order chi connectivity index (χ1) is 16.3. The predicted octanol–water partition coefficient (Wildman–Crippen LogP) is 8.42. The molecule has 1 saturated carbocycles. The average Bonchev–Trinajstić information content (AvgIpc) is 2.73. The van der Waals surface area contributed by atoms with Gasteiger partial charge in [0.15, 0.2) is 11.6 Å². The van der Waals surface area contributed by atoms with Crippen LogP contribution in [-0.2, 0) is 12.5 Å². The Morgan fingerprint density at radius 3 is 1.74 bits per heavy atom. The van der Waals surface area contributed by atoms with Crippen LogP contribution in [0.3, 0.4) is 0 Å². The van der Waals surface area contributed by atoms with E-state index < -0.39 is 52.8 Å². The summed E-state index contributed by atoms with van der Waals surface area (Å²) in [7, 11) is 0. The third kappa shape index (κ3) is 6.98. The summed E-state index contributed by atoms with van der Waals surface area (Å²) in [6, 6.07) is 1.45. The van der Waals surface area contributed by atoms with Gasteiger partial charge in [-0.3, -0.25) is 0 Å². The molecule has 0 atom stereocenters. The van der Waals surface area contributed by atoms with E-state index in [1.165, 1.54) is 0 Å². The Hall–Kier alpha value is -2.59. The van der Waals surface area contributed by atoms with Crippen molar-refractivity contribution in [3.05, 3.63) is 58.7 Å². The van der Waals surface area contributed by atoms with Crippen molar-refractivity contribution in [3.63, 3.8) is 0 Å². The number of hydrogen-bond acceptors (Lipinski definition) is 2. The van der Waals surface area contributed by atoms with Crippen LogP contribution in [0.1, 0.15) is 56.6 Å². The van der Waals surface area contributed by atoms with Crippen LogP contribution in [0.25, 0.3) is 0 Å². The zero-order chi connectivity index (χ0) is 26.0. The van der Waals surface area contributed by atoms with Crippen molar-refractivity contribution in [1.29, 1.82) is 0 Å². The van der Waals surface area contributed by atoms with E-state index in [2.05, 4.69) is 16.4 Å². The minimum Gasteiger partial charge on any atom is -0.429 e. The number of alkyl halides is 5. The second-order valence-corrected chi connectivity index (χ2v) is 8.65. The third-order valence-electron chi connectivity index (χ3n) is 6.21. The summed E-state index contributed by atoms with van der Waals surface area (Å²) in [6.07, 6.45) is -4.00. The van der Waals surface area contributed by atoms with Gasteiger partial charge in [0.25, 0.3) is 0 Å². The second-order valence-electron chi connectivity index (χ2n) is 8.65. The standard InChI is InChI=1S/C24H23F9O2/c1-2-13-3-5-14(6-4-13)7-8-15-9-17(25)21(18(26)10-15)23(29,30)34-16-11-19(27)22(20(28)12-16)35-24(31,32)33/h9-14H,2-8H2,1H3. The molecule has 1 aliphatic carbocycles. The van der Waals surface area contributed by atoms with Crippen LogP contribution >= 0.6 is 0 Å². The highest BCUT2D eigenvalue weighted by Crippen LogP contribution is 2.39. The molecular formula is C24H23F9O2. The van der Waals surface area contributed by atoms with Crippen molar-refractivity contribution in [2.45, 2.75) is 64.3 Å². The van der Waals surface area contributed by atoms with Gasteiger partial charge in [-0.2, -0.15) is 8.78 Å². The summed E-state index contributed by atoms with van der Waals surface area (Å²) in [5.41, 5.74) is -1.62. The summed E-state index contributed by atoms with van der Waals surface area (Å²) in [5, 5.41) is 0. The molecule has 194 valence electrons. The van der Waals surface area contributed by atoms with Crippen LogP contribution in [0.5, 0.6) is 11.5 Å². The lowest BCUT2D eigenvalue weighted by Crippen LogP contribution is -2.26. The maximum Gasteiger partial charge on any atom is 0.573 e. The minimum atomic E-state index is -5.45. The summed E-state index contributed by atoms with van der Waals surface area (Å²) < 4.78 is 129. The van der Waals surface area contributed by atoms with Gasteiger partial charge >= 0.3 is 12.5 Å². The van der Waals surface area contributed by atoms with Crippen molar-refractivity contribution in [2.24, 2.45) is 11.8 Å². The zero-order valence-corrected chi connectivity index (χ0v) is 18.6. The fourth-order valence-corrected chi connectivity index (χ4v) is 4.36. The molecule has 1 aliphatic rings. The molecule has 2 aromatic carbocycles. The highest BCUT2D eigenvalue weighted by atomic mass is 19.4. The molecule has 2 nitrogen and oxygen atoms in total. The van der Waals surface area contributed by atoms with E-state index in [9.17, 15) is 39.5 Å². The van der Waals surface area contributed by atoms with Crippen LogP contribution in [0.2, 0.25) is 0 Å². The molecule has 0 amide bonds. The lowest BCUT2D eigenvalue weighted by atomic mass is 9.78. The lowest BCUT2D eigenvalue weighted by Gasteiger charge is -2.27. The van der Waals surface area contributed by atoms with Gasteiger partial charge in [-0.25, -0.2) is 17.6 Å². The van der Waals surface area contributed by atoms with Crippen molar-refractivity contribution in [1.82, 2.24) is 0 Å². The summed E-state index contributed by atoms with van der Waals surface area (Å²) in [5.74, 6) is -9.39. The van der Waals surface area contributed by atoms with E-state index in [1.54, 1.807) is 0 Å². The van der Waals surface area contributed by atoms with Crippen LogP contribution in [-0.4, -0.2) is 6.36 Å². The van der Waals surface area contributed by atoms with Gasteiger partial charge in [0.1, 0.15) is 22.9 Å². The smallest absolute Gasteiger partial charge is 0.429 e. The molecule has 0 heterocycles. The average molecular weight is 514 g/mol. The van der Waals surface area contributed by atoms with Crippen LogP contribution in [0.15, 0.2) is 24.3 Å². The number of ether oxygens (including phenoxy) is 2. The van der Waals surface area contributed by atoms with Crippen molar-refractivity contribution in [3.8, 4) is 11.5 Å². The van der Waals surface area contributed by atoms with E-state index in [4.69, 9.17) is 0 Å². The second kappa shape index (κ2) is 10.6. The summed E-state index contributed by atoms with van der Waals surface area (Å²) in [6.45, 7) is 2.13. The molecule has 0 radical (unpaired) electrons. The maximum atomic E-state index is 14.5. The molecule has 0 N–H and O–H groups in total. The van der Waals surface area contributed by atoms with Gasteiger partial charge in [-0.15, -0.1) is 13.2 Å². The Morgan fingerprint density at radius 2 is 1.26 bits per heavy atom. The Morgan fingerprint density at radius 1 is 0.743 bits per heavy atom. The number of aryl methyl sites for hydroxylation is 1. The first kappa shape index (κ1) is 27.0. The van der Waals surface area contributed by atoms with Gasteiger partial charge < -0.3 is 9.47 Å². The number of benzene rings is 2. The van der Waals surface area contributed by atoms with Crippen LogP contribution in [0, 0.1) is 35.1 Å². The molecule has 0 bridgehead atoms. The Labute approximate surface area is 196 Å². The molecular weight excluding hydrogens is 491 g/mol. The Balaban J connectivity index is 1.73. The topological polar surface area (TPSA) is 18.5 Å². The van der Waals surface area contributed by atoms with Crippen molar-refractivity contribution >= 4 is 0 Å². The molecule has 0 aliphatic heterocycles. The fraction of sp³-hybridized carbons (Fsp3) is 0.500. The molecule has 0 saturated heterocycles. The van der Waals surface area contributed by atoms with E-state index in [-0.39, 0.29) is 24.1 Å². The molecule has 0 unspecified atom stereocenters. The minimum absolute atomic E-state index is 0.0183. The van der Waals surface area contributed by atoms with Gasteiger partial charge in [0, 0.05) is 12.1 Å². The third-order valence-corrected chi connectivity index (χ3v) is 6.21. The van der Waals surface area contributed by atoms with Gasteiger partial charge in [0.2, 0.25) is 5.75 Å². The monoisotopic (exact) mass is 514 g/mol. The maximum absolute atomic E-state index is 14.5. The Kier molecular flexibility index (Phi) is 8.16. The highest BCUT2D eigenvalue weighted by molar-refractivity contribution is 5.36. The molecule has 1 fully saturated rings. The first-order valence-corrected chi connectivity index (χ1v) is 11.1. The predicted molar refractivity (Wildman–Crippen MR) is 108 cm³/mol. The lowest BCUT2D eigenvalue weighted by molar-refractivity contribution is -0.276. The quantitative estimate of drug-likeness (QED) is 0.329. The van der Waals surface area contributed by atoms with E-state index in [0.717, 1.165) is 44.2 Å². The molecule has 2 aromatic rings. The molecule has 11 heteroatoms. The van der Waals surface area contributed by atoms with Crippen LogP contribution in [0.4, 0.5) is 39.5 Å². The van der Waals surface area contributed by atoms with Crippen molar-refractivity contribution in [2.75, 3.05) is 0 Å². The summed E-state index contributed by atoms with van der Waals surface area (Å²) in [4.78, 5) is 0. The van der Waals surface area contributed by atoms with E-state index >= 15 is 0 Å². The SMILES string of the molecule is CCC1CCC(CCc2cc(F)c(C(F)(F)Oc3cc(F)c(OC(F)(F)F)c(F)c3)c(F)c2)CC1. The highest BCUT2D eigenvalue weighted by Gasteiger charge is 2.42. The number of halogens is 9. The largest absolute Gasteiger partial charge is 0.573 e. The molecule has 35 heavy (non-hydrogen) atoms. The van der Waals surface area contributed by atoms with E-state index in [1.807, 2.05) is 0 Å².